The number of ether oxygens (including phenoxy) is 7. The highest BCUT2D eigenvalue weighted by Gasteiger charge is 2.55. The van der Waals surface area contributed by atoms with Crippen molar-refractivity contribution in [1.82, 2.24) is 0 Å². The number of hydrogen-bond donors (Lipinski definition) is 15. The van der Waals surface area contributed by atoms with E-state index in [1.807, 2.05) is 0 Å². The molecule has 0 aromatic heterocycles. The van der Waals surface area contributed by atoms with Crippen molar-refractivity contribution in [2.24, 2.45) is 34.4 Å². The van der Waals surface area contributed by atoms with Gasteiger partial charge in [-0.1, -0.05) is 0 Å². The fraction of sp³-hybridized carbons (Fsp3) is 1.00. The molecule has 22 nitrogen and oxygen atoms in total. The summed E-state index contributed by atoms with van der Waals surface area (Å²) in [4.78, 5) is 0. The second-order valence-electron chi connectivity index (χ2n) is 13.6. The summed E-state index contributed by atoms with van der Waals surface area (Å²) in [7, 11) is 0. The third kappa shape index (κ3) is 8.51. The van der Waals surface area contributed by atoms with Gasteiger partial charge in [0.05, 0.1) is 30.9 Å². The quantitative estimate of drug-likeness (QED) is 0.0877. The molecular formula is C28H54N6O16S. The first-order valence-electron chi connectivity index (χ1n) is 16.8. The van der Waals surface area contributed by atoms with Gasteiger partial charge >= 0.3 is 0 Å². The van der Waals surface area contributed by atoms with Crippen molar-refractivity contribution in [3.8, 4) is 0 Å². The number of rotatable bonds is 12. The van der Waals surface area contributed by atoms with E-state index in [0.717, 1.165) is 11.8 Å². The summed E-state index contributed by atoms with van der Waals surface area (Å²) >= 11 is 0.968. The first-order chi connectivity index (χ1) is 24.1. The third-order valence-corrected chi connectivity index (χ3v) is 11.4. The molecule has 0 radical (unpaired) electrons. The van der Waals surface area contributed by atoms with Crippen molar-refractivity contribution in [1.29, 1.82) is 0 Å². The van der Waals surface area contributed by atoms with E-state index < -0.39 is 147 Å². The minimum Gasteiger partial charge on any atom is -0.394 e. The van der Waals surface area contributed by atoms with Crippen LogP contribution >= 0.6 is 11.8 Å². The second-order valence-corrected chi connectivity index (χ2v) is 14.7. The van der Waals surface area contributed by atoms with Crippen LogP contribution in [0.1, 0.15) is 6.42 Å². The van der Waals surface area contributed by atoms with Gasteiger partial charge in [0.15, 0.2) is 18.9 Å². The van der Waals surface area contributed by atoms with Gasteiger partial charge in [-0.05, 0) is 6.42 Å². The van der Waals surface area contributed by atoms with Gasteiger partial charge in [-0.15, -0.1) is 11.8 Å². The monoisotopic (exact) mass is 762 g/mol. The summed E-state index contributed by atoms with van der Waals surface area (Å²) in [6, 6.07) is -4.39. The maximum Gasteiger partial charge on any atom is 0.187 e. The fourth-order valence-corrected chi connectivity index (χ4v) is 8.15. The van der Waals surface area contributed by atoms with Crippen LogP contribution < -0.4 is 34.4 Å². The summed E-state index contributed by atoms with van der Waals surface area (Å²) in [5, 5.41) is 94.6. The number of aliphatic hydroxyl groups excluding tert-OH is 9. The zero-order chi connectivity index (χ0) is 37.5. The molecule has 51 heavy (non-hydrogen) atoms. The summed E-state index contributed by atoms with van der Waals surface area (Å²) in [5.74, 6) is -0.0841. The number of hydrogen-bond acceptors (Lipinski definition) is 23. The molecule has 5 fully saturated rings. The lowest BCUT2D eigenvalue weighted by Crippen LogP contribution is -2.68. The average molecular weight is 763 g/mol. The van der Waals surface area contributed by atoms with Crippen LogP contribution in [0.3, 0.4) is 0 Å². The maximum absolute atomic E-state index is 11.6. The van der Waals surface area contributed by atoms with Gasteiger partial charge in [0.25, 0.3) is 0 Å². The molecule has 4 heterocycles. The molecule has 0 bridgehead atoms. The first kappa shape index (κ1) is 41.6. The highest BCUT2D eigenvalue weighted by Crippen LogP contribution is 2.37. The van der Waals surface area contributed by atoms with Gasteiger partial charge in [0.1, 0.15) is 84.8 Å². The van der Waals surface area contributed by atoms with E-state index in [2.05, 4.69) is 0 Å². The van der Waals surface area contributed by atoms with Crippen molar-refractivity contribution in [3.05, 3.63) is 0 Å². The SMILES string of the molecule is NCC1O[C@H](O[C@@H]2C(N)C[C@@H](N)C(O)[C@H]2O[C@@H]2O[C@H](CS[C@@H]3O[C@H](CO)[C@H](O)C3O)[C@H](O[C@H]3O[C@@H](CN)[C@@H](O)C(O)C3N)C2O)C(N)[C@@H](O)[C@@H]1O. The molecule has 0 aromatic carbocycles. The average Bonchev–Trinajstić information content (AvgIpc) is 3.56. The molecule has 298 valence electrons. The highest BCUT2D eigenvalue weighted by atomic mass is 32.2. The van der Waals surface area contributed by atoms with Crippen LogP contribution in [0, 0.1) is 0 Å². The van der Waals surface area contributed by atoms with Crippen LogP contribution in [0.5, 0.6) is 0 Å². The fourth-order valence-electron chi connectivity index (χ4n) is 6.92. The Morgan fingerprint density at radius 2 is 1.00 bits per heavy atom. The Balaban J connectivity index is 1.36. The van der Waals surface area contributed by atoms with E-state index in [1.165, 1.54) is 0 Å². The number of thioether (sulfide) groups is 1. The molecule has 5 rings (SSSR count). The molecule has 0 amide bonds. The molecule has 8 unspecified atom stereocenters. The van der Waals surface area contributed by atoms with Gasteiger partial charge < -0.3 is 114 Å². The second kappa shape index (κ2) is 17.5. The van der Waals surface area contributed by atoms with Crippen molar-refractivity contribution in [2.45, 2.75) is 146 Å². The highest BCUT2D eigenvalue weighted by molar-refractivity contribution is 7.99. The van der Waals surface area contributed by atoms with E-state index in [-0.39, 0.29) is 25.3 Å². The summed E-state index contributed by atoms with van der Waals surface area (Å²) < 4.78 is 41.4. The van der Waals surface area contributed by atoms with E-state index in [1.54, 1.807) is 0 Å². The Bertz CT molecular complexity index is 1110. The van der Waals surface area contributed by atoms with Crippen LogP contribution in [0.4, 0.5) is 0 Å². The lowest BCUT2D eigenvalue weighted by molar-refractivity contribution is -0.306. The number of nitrogens with two attached hydrogens (primary N) is 6. The molecule has 23 heteroatoms. The van der Waals surface area contributed by atoms with Gasteiger partial charge in [0, 0.05) is 30.9 Å². The normalized spacial score (nSPS) is 53.8. The standard InChI is InChI=1S/C28H54N6O16S/c29-2-8-15(37)18(40)12(33)25(44-8)48-22-7(32)1-6(31)14(36)24(22)50-27-21(43)23(49-26-13(34)19(41)16(38)9(3-30)45-26)11(46-27)5-51-28-20(42)17(39)10(4-35)47-28/h6-28,35-43H,1-5,29-34H2/t6-,7?,8?,9+,10-,11-,12?,13?,14?,15-,16-,17+,18-,19?,20?,21?,22-,23+,24-,25-,26-,27+,28+/m1/s1. The Labute approximate surface area is 297 Å². The van der Waals surface area contributed by atoms with Gasteiger partial charge in [-0.25, -0.2) is 0 Å². The van der Waals surface area contributed by atoms with E-state index in [0.29, 0.717) is 0 Å². The lowest BCUT2D eigenvalue weighted by Gasteiger charge is -2.47. The summed E-state index contributed by atoms with van der Waals surface area (Å²) in [6.07, 6.45) is -24.2. The number of aliphatic hydroxyl groups is 9. The molecule has 1 aliphatic carbocycles. The molecule has 0 aromatic rings. The minimum absolute atomic E-state index is 0.0516. The summed E-state index contributed by atoms with van der Waals surface area (Å²) in [5.41, 5.74) is 35.2. The molecule has 4 saturated heterocycles. The zero-order valence-corrected chi connectivity index (χ0v) is 28.4. The van der Waals surface area contributed by atoms with Gasteiger partial charge in [-0.3, -0.25) is 0 Å². The topological polar surface area (TPSA) is 403 Å². The molecule has 21 N–H and O–H groups in total. The molecule has 4 aliphatic heterocycles. The predicted octanol–water partition coefficient (Wildman–Crippen LogP) is -9.72. The minimum atomic E-state index is -1.66. The summed E-state index contributed by atoms with van der Waals surface area (Å²) in [6.45, 7) is -0.942. The lowest BCUT2D eigenvalue weighted by atomic mass is 9.84. The molecule has 5 aliphatic rings. The van der Waals surface area contributed by atoms with E-state index >= 15 is 0 Å². The Morgan fingerprint density at radius 3 is 1.51 bits per heavy atom. The maximum atomic E-state index is 11.6. The third-order valence-electron chi connectivity index (χ3n) is 10.1. The van der Waals surface area contributed by atoms with Crippen LogP contribution in [-0.4, -0.2) is 211 Å². The van der Waals surface area contributed by atoms with Crippen molar-refractivity contribution in [2.75, 3.05) is 25.4 Å². The van der Waals surface area contributed by atoms with Gasteiger partial charge in [-0.2, -0.15) is 0 Å². The Kier molecular flexibility index (Phi) is 14.3. The molecule has 0 spiro atoms. The smallest absolute Gasteiger partial charge is 0.187 e. The van der Waals surface area contributed by atoms with Crippen LogP contribution in [0.15, 0.2) is 0 Å². The first-order valence-corrected chi connectivity index (χ1v) is 17.9. The van der Waals surface area contributed by atoms with Crippen LogP contribution in [0.2, 0.25) is 0 Å². The molecule has 23 atom stereocenters. The largest absolute Gasteiger partial charge is 0.394 e. The predicted molar refractivity (Wildman–Crippen MR) is 171 cm³/mol. The Hall–Kier alpha value is -0.530. The van der Waals surface area contributed by atoms with Gasteiger partial charge in [0.2, 0.25) is 0 Å². The Morgan fingerprint density at radius 1 is 0.510 bits per heavy atom. The van der Waals surface area contributed by atoms with Crippen LogP contribution in [0.25, 0.3) is 0 Å². The zero-order valence-electron chi connectivity index (χ0n) is 27.6. The van der Waals surface area contributed by atoms with Crippen LogP contribution in [-0.2, 0) is 33.2 Å². The van der Waals surface area contributed by atoms with Crippen molar-refractivity contribution in [3.63, 3.8) is 0 Å². The van der Waals surface area contributed by atoms with E-state index in [4.69, 9.17) is 67.6 Å². The van der Waals surface area contributed by atoms with E-state index in [9.17, 15) is 46.0 Å². The molecular weight excluding hydrogens is 708 g/mol. The van der Waals surface area contributed by atoms with Crippen molar-refractivity contribution >= 4 is 11.8 Å². The van der Waals surface area contributed by atoms with Crippen molar-refractivity contribution < 1.29 is 79.1 Å². The molecule has 1 saturated carbocycles.